The minimum Gasteiger partial charge on any atom is -0.492 e. The van der Waals surface area contributed by atoms with Crippen LogP contribution < -0.4 is 10.5 Å². The van der Waals surface area contributed by atoms with Gasteiger partial charge in [-0.15, -0.1) is 0 Å². The van der Waals surface area contributed by atoms with Gasteiger partial charge in [0.05, 0.1) is 17.1 Å². The molecule has 0 heterocycles. The highest BCUT2D eigenvalue weighted by Gasteiger charge is 2.02. The zero-order valence-corrected chi connectivity index (χ0v) is 9.25. The molecule has 4 heteroatoms. The van der Waals surface area contributed by atoms with Gasteiger partial charge in [0.15, 0.2) is 0 Å². The topological polar surface area (TPSA) is 59.0 Å². The largest absolute Gasteiger partial charge is 0.492 e. The van der Waals surface area contributed by atoms with E-state index >= 15 is 0 Å². The van der Waals surface area contributed by atoms with Gasteiger partial charge in [0.25, 0.3) is 0 Å². The number of anilines is 1. The van der Waals surface area contributed by atoms with Gasteiger partial charge in [-0.05, 0) is 34.5 Å². The molecule has 0 radical (unpaired) electrons. The Kier molecular flexibility index (Phi) is 4.27. The molecule has 1 rings (SSSR count). The molecule has 0 fully saturated rings. The van der Waals surface area contributed by atoms with E-state index in [9.17, 15) is 0 Å². The summed E-state index contributed by atoms with van der Waals surface area (Å²) >= 11 is 3.33. The molecule has 1 aromatic carbocycles. The number of ether oxygens (including phenoxy) is 1. The number of hydrogen-bond donors (Lipinski definition) is 1. The SMILES string of the molecule is N#CCCCOc1cccc(N)c1Br. The molecule has 0 saturated carbocycles. The van der Waals surface area contributed by atoms with Gasteiger partial charge < -0.3 is 10.5 Å². The minimum atomic E-state index is 0.514. The summed E-state index contributed by atoms with van der Waals surface area (Å²) < 4.78 is 6.22. The van der Waals surface area contributed by atoms with Gasteiger partial charge >= 0.3 is 0 Å². The molecule has 0 atom stereocenters. The van der Waals surface area contributed by atoms with E-state index < -0.39 is 0 Å². The van der Waals surface area contributed by atoms with Gasteiger partial charge in [-0.1, -0.05) is 6.07 Å². The molecule has 1 aromatic rings. The molecular formula is C10H11BrN2O. The van der Waals surface area contributed by atoms with Gasteiger partial charge in [-0.2, -0.15) is 5.26 Å². The lowest BCUT2D eigenvalue weighted by Gasteiger charge is -2.08. The highest BCUT2D eigenvalue weighted by molar-refractivity contribution is 9.10. The Morgan fingerprint density at radius 1 is 1.50 bits per heavy atom. The molecule has 0 aromatic heterocycles. The van der Waals surface area contributed by atoms with Crippen LogP contribution in [0.15, 0.2) is 22.7 Å². The molecule has 3 nitrogen and oxygen atoms in total. The molecule has 0 saturated heterocycles. The quantitative estimate of drug-likeness (QED) is 0.664. The fraction of sp³-hybridized carbons (Fsp3) is 0.300. The first-order valence-corrected chi connectivity index (χ1v) is 5.08. The second-order valence-electron chi connectivity index (χ2n) is 2.77. The zero-order chi connectivity index (χ0) is 10.4. The Balaban J connectivity index is 2.51. The summed E-state index contributed by atoms with van der Waals surface area (Å²) in [7, 11) is 0. The van der Waals surface area contributed by atoms with E-state index in [0.29, 0.717) is 18.7 Å². The Hall–Kier alpha value is -1.21. The fourth-order valence-electron chi connectivity index (χ4n) is 0.973. The number of nitrogens with two attached hydrogens (primary N) is 1. The average Bonchev–Trinajstić information content (AvgIpc) is 2.19. The summed E-state index contributed by atoms with van der Waals surface area (Å²) in [5.41, 5.74) is 6.33. The third-order valence-electron chi connectivity index (χ3n) is 1.68. The number of rotatable bonds is 4. The van der Waals surface area contributed by atoms with Crippen LogP contribution in [0.25, 0.3) is 0 Å². The number of benzene rings is 1. The zero-order valence-electron chi connectivity index (χ0n) is 7.66. The first kappa shape index (κ1) is 10.9. The van der Waals surface area contributed by atoms with Gasteiger partial charge in [0.2, 0.25) is 0 Å². The van der Waals surface area contributed by atoms with Crippen LogP contribution in [-0.4, -0.2) is 6.61 Å². The Bertz CT molecular complexity index is 346. The number of nitrogen functional groups attached to an aromatic ring is 1. The Morgan fingerprint density at radius 2 is 2.29 bits per heavy atom. The monoisotopic (exact) mass is 254 g/mol. The molecule has 0 spiro atoms. The predicted molar refractivity (Wildman–Crippen MR) is 58.9 cm³/mol. The van der Waals surface area contributed by atoms with E-state index in [0.717, 1.165) is 16.6 Å². The molecule has 0 amide bonds. The standard InChI is InChI=1S/C10H11BrN2O/c11-10-8(13)4-3-5-9(10)14-7-2-1-6-12/h3-5H,1-2,7,13H2. The van der Waals surface area contributed by atoms with Crippen molar-refractivity contribution in [2.24, 2.45) is 0 Å². The van der Waals surface area contributed by atoms with Crippen LogP contribution in [0.5, 0.6) is 5.75 Å². The summed E-state index contributed by atoms with van der Waals surface area (Å²) in [5.74, 6) is 0.725. The highest BCUT2D eigenvalue weighted by atomic mass is 79.9. The molecule has 0 aliphatic carbocycles. The van der Waals surface area contributed by atoms with E-state index in [-0.39, 0.29) is 0 Å². The van der Waals surface area contributed by atoms with E-state index in [1.165, 1.54) is 0 Å². The average molecular weight is 255 g/mol. The number of hydrogen-bond acceptors (Lipinski definition) is 3. The van der Waals surface area contributed by atoms with Crippen molar-refractivity contribution in [2.45, 2.75) is 12.8 Å². The first-order chi connectivity index (χ1) is 6.75. The smallest absolute Gasteiger partial charge is 0.135 e. The van der Waals surface area contributed by atoms with Gasteiger partial charge in [-0.3, -0.25) is 0 Å². The third kappa shape index (κ3) is 2.93. The minimum absolute atomic E-state index is 0.514. The van der Waals surface area contributed by atoms with E-state index in [1.807, 2.05) is 12.1 Å². The molecular weight excluding hydrogens is 244 g/mol. The van der Waals surface area contributed by atoms with Gasteiger partial charge in [0.1, 0.15) is 5.75 Å². The van der Waals surface area contributed by atoms with Crippen molar-refractivity contribution < 1.29 is 4.74 Å². The summed E-state index contributed by atoms with van der Waals surface area (Å²) in [6, 6.07) is 7.53. The summed E-state index contributed by atoms with van der Waals surface area (Å²) in [5, 5.41) is 8.33. The van der Waals surface area contributed by atoms with Crippen molar-refractivity contribution in [2.75, 3.05) is 12.3 Å². The van der Waals surface area contributed by atoms with Crippen LogP contribution in [0.2, 0.25) is 0 Å². The van der Waals surface area contributed by atoms with Crippen LogP contribution in [0.1, 0.15) is 12.8 Å². The second kappa shape index (κ2) is 5.51. The van der Waals surface area contributed by atoms with E-state index in [4.69, 9.17) is 15.7 Å². The third-order valence-corrected chi connectivity index (χ3v) is 2.53. The lowest BCUT2D eigenvalue weighted by atomic mass is 10.3. The van der Waals surface area contributed by atoms with Crippen molar-refractivity contribution in [3.63, 3.8) is 0 Å². The molecule has 74 valence electrons. The van der Waals surface area contributed by atoms with Crippen molar-refractivity contribution >= 4 is 21.6 Å². The van der Waals surface area contributed by atoms with Crippen molar-refractivity contribution in [3.05, 3.63) is 22.7 Å². The van der Waals surface area contributed by atoms with Crippen molar-refractivity contribution in [3.8, 4) is 11.8 Å². The summed E-state index contributed by atoms with van der Waals surface area (Å²) in [6.45, 7) is 0.537. The fourth-order valence-corrected chi connectivity index (χ4v) is 1.35. The lowest BCUT2D eigenvalue weighted by Crippen LogP contribution is -1.98. The van der Waals surface area contributed by atoms with Crippen molar-refractivity contribution in [1.82, 2.24) is 0 Å². The van der Waals surface area contributed by atoms with Crippen LogP contribution >= 0.6 is 15.9 Å². The molecule has 0 unspecified atom stereocenters. The lowest BCUT2D eigenvalue weighted by molar-refractivity contribution is 0.311. The maximum atomic E-state index is 8.33. The number of nitriles is 1. The number of halogens is 1. The Morgan fingerprint density at radius 3 is 3.00 bits per heavy atom. The summed E-state index contributed by atoms with van der Waals surface area (Å²) in [4.78, 5) is 0. The van der Waals surface area contributed by atoms with E-state index in [1.54, 1.807) is 6.07 Å². The van der Waals surface area contributed by atoms with E-state index in [2.05, 4.69) is 22.0 Å². The van der Waals surface area contributed by atoms with Crippen molar-refractivity contribution in [1.29, 1.82) is 5.26 Å². The normalized spacial score (nSPS) is 9.43. The second-order valence-corrected chi connectivity index (χ2v) is 3.56. The molecule has 2 N–H and O–H groups in total. The highest BCUT2D eigenvalue weighted by Crippen LogP contribution is 2.30. The molecule has 0 aliphatic rings. The first-order valence-electron chi connectivity index (χ1n) is 4.29. The molecule has 14 heavy (non-hydrogen) atoms. The number of nitrogens with zero attached hydrogens (tertiary/aromatic N) is 1. The van der Waals surface area contributed by atoms with Gasteiger partial charge in [0, 0.05) is 12.1 Å². The van der Waals surface area contributed by atoms with Crippen LogP contribution in [0.4, 0.5) is 5.69 Å². The van der Waals surface area contributed by atoms with Crippen LogP contribution in [-0.2, 0) is 0 Å². The van der Waals surface area contributed by atoms with Crippen LogP contribution in [0.3, 0.4) is 0 Å². The maximum absolute atomic E-state index is 8.33. The predicted octanol–water partition coefficient (Wildman–Crippen LogP) is 2.71. The van der Waals surface area contributed by atoms with Crippen LogP contribution in [0, 0.1) is 11.3 Å². The Labute approximate surface area is 91.6 Å². The number of unbranched alkanes of at least 4 members (excludes halogenated alkanes) is 1. The maximum Gasteiger partial charge on any atom is 0.135 e. The van der Waals surface area contributed by atoms with Gasteiger partial charge in [-0.25, -0.2) is 0 Å². The molecule has 0 aliphatic heterocycles. The summed E-state index contributed by atoms with van der Waals surface area (Å²) in [6.07, 6.45) is 1.25. The molecule has 0 bridgehead atoms.